The first-order valence-electron chi connectivity index (χ1n) is 9.84. The lowest BCUT2D eigenvalue weighted by molar-refractivity contribution is 0.0700. The molecular weight excluding hydrogens is 382 g/mol. The second kappa shape index (κ2) is 7.37. The maximum absolute atomic E-state index is 13.2. The predicted octanol–water partition coefficient (Wildman–Crippen LogP) is 4.54. The largest absolute Gasteiger partial charge is 0.338 e. The lowest BCUT2D eigenvalue weighted by atomic mass is 10.0. The number of nitrogens with one attached hydrogen (secondary N) is 1. The summed E-state index contributed by atoms with van der Waals surface area (Å²) >= 11 is 1.50. The third-order valence-electron chi connectivity index (χ3n) is 5.69. The summed E-state index contributed by atoms with van der Waals surface area (Å²) < 4.78 is 1.86. The molecule has 0 saturated carbocycles. The monoisotopic (exact) mass is 403 g/mol. The number of imidazole rings is 1. The molecule has 3 heterocycles. The lowest BCUT2D eigenvalue weighted by Crippen LogP contribution is -2.40. The highest BCUT2D eigenvalue weighted by Crippen LogP contribution is 2.31. The van der Waals surface area contributed by atoms with Crippen molar-refractivity contribution in [2.24, 2.45) is 0 Å². The molecule has 29 heavy (non-hydrogen) atoms. The smallest absolute Gasteiger partial charge is 0.326 e. The number of aromatic nitrogens is 2. The fourth-order valence-corrected chi connectivity index (χ4v) is 5.11. The van der Waals surface area contributed by atoms with Gasteiger partial charge in [-0.25, -0.2) is 4.79 Å². The number of hydrogen-bond acceptors (Lipinski definition) is 3. The molecule has 1 fully saturated rings. The van der Waals surface area contributed by atoms with Crippen molar-refractivity contribution in [1.29, 1.82) is 0 Å². The van der Waals surface area contributed by atoms with Crippen molar-refractivity contribution in [3.8, 4) is 11.1 Å². The second-order valence-electron chi connectivity index (χ2n) is 7.37. The average Bonchev–Trinajstić information content (AvgIpc) is 3.38. The molecule has 0 bridgehead atoms. The topological polar surface area (TPSA) is 58.1 Å². The molecule has 146 valence electrons. The van der Waals surface area contributed by atoms with Crippen LogP contribution in [0.4, 0.5) is 0 Å². The van der Waals surface area contributed by atoms with Gasteiger partial charge in [0.25, 0.3) is 5.91 Å². The molecule has 6 heteroatoms. The molecule has 0 atom stereocenters. The van der Waals surface area contributed by atoms with E-state index in [1.807, 2.05) is 75.5 Å². The minimum absolute atomic E-state index is 0.0689. The third kappa shape index (κ3) is 3.19. The molecule has 2 aromatic carbocycles. The van der Waals surface area contributed by atoms with Gasteiger partial charge >= 0.3 is 5.69 Å². The van der Waals surface area contributed by atoms with E-state index in [2.05, 4.69) is 4.98 Å². The van der Waals surface area contributed by atoms with Gasteiger partial charge in [0.05, 0.1) is 15.9 Å². The number of aromatic amines is 1. The maximum Gasteiger partial charge on any atom is 0.326 e. The second-order valence-corrected chi connectivity index (χ2v) is 8.29. The van der Waals surface area contributed by atoms with Gasteiger partial charge in [-0.15, -0.1) is 11.3 Å². The number of fused-ring (bicyclic) bond motifs is 1. The summed E-state index contributed by atoms with van der Waals surface area (Å²) in [5, 5.41) is 1.98. The molecule has 1 N–H and O–H groups in total. The number of likely N-dealkylation sites (tertiary alicyclic amines) is 1. The van der Waals surface area contributed by atoms with Gasteiger partial charge in [-0.05, 0) is 42.0 Å². The van der Waals surface area contributed by atoms with Gasteiger partial charge in [0.1, 0.15) is 0 Å². The summed E-state index contributed by atoms with van der Waals surface area (Å²) in [6.07, 6.45) is 1.55. The summed E-state index contributed by atoms with van der Waals surface area (Å²) in [4.78, 5) is 31.3. The Hall–Kier alpha value is -3.12. The Balaban J connectivity index is 1.35. The van der Waals surface area contributed by atoms with Crippen LogP contribution in [0.1, 0.15) is 28.6 Å². The molecule has 0 unspecified atom stereocenters. The quantitative estimate of drug-likeness (QED) is 0.546. The first kappa shape index (κ1) is 17.9. The van der Waals surface area contributed by atoms with E-state index in [1.54, 1.807) is 0 Å². The van der Waals surface area contributed by atoms with Crippen molar-refractivity contribution >= 4 is 28.3 Å². The molecule has 0 spiro atoms. The molecule has 5 nitrogen and oxygen atoms in total. The molecular formula is C23H21N3O2S. The van der Waals surface area contributed by atoms with Crippen molar-refractivity contribution in [2.45, 2.75) is 18.9 Å². The summed E-state index contributed by atoms with van der Waals surface area (Å²) in [6, 6.07) is 19.9. The van der Waals surface area contributed by atoms with Crippen LogP contribution in [-0.4, -0.2) is 33.4 Å². The first-order chi connectivity index (χ1) is 14.2. The number of hydrogen-bond donors (Lipinski definition) is 1. The third-order valence-corrected chi connectivity index (χ3v) is 6.59. The normalized spacial score (nSPS) is 15.1. The molecule has 1 aliphatic heterocycles. The minimum Gasteiger partial charge on any atom is -0.338 e. The van der Waals surface area contributed by atoms with E-state index in [9.17, 15) is 9.59 Å². The molecule has 1 aliphatic rings. The van der Waals surface area contributed by atoms with Crippen LogP contribution in [0.25, 0.3) is 22.2 Å². The Kier molecular flexibility index (Phi) is 4.56. The first-order valence-corrected chi connectivity index (χ1v) is 10.7. The van der Waals surface area contributed by atoms with E-state index in [1.165, 1.54) is 11.3 Å². The van der Waals surface area contributed by atoms with Crippen molar-refractivity contribution in [1.82, 2.24) is 14.5 Å². The van der Waals surface area contributed by atoms with E-state index in [0.717, 1.165) is 39.9 Å². The zero-order chi connectivity index (χ0) is 19.8. The number of H-pyrrole nitrogens is 1. The van der Waals surface area contributed by atoms with Crippen LogP contribution in [0, 0.1) is 0 Å². The Bertz CT molecular complexity index is 1210. The van der Waals surface area contributed by atoms with Crippen LogP contribution in [0.3, 0.4) is 0 Å². The van der Waals surface area contributed by atoms with E-state index in [0.29, 0.717) is 13.1 Å². The zero-order valence-corrected chi connectivity index (χ0v) is 16.7. The number of benzene rings is 2. The summed E-state index contributed by atoms with van der Waals surface area (Å²) in [6.45, 7) is 1.31. The van der Waals surface area contributed by atoms with Gasteiger partial charge < -0.3 is 9.88 Å². The summed E-state index contributed by atoms with van der Waals surface area (Å²) in [7, 11) is 0. The highest BCUT2D eigenvalue weighted by molar-refractivity contribution is 7.12. The van der Waals surface area contributed by atoms with E-state index in [4.69, 9.17) is 0 Å². The van der Waals surface area contributed by atoms with Gasteiger partial charge in [-0.1, -0.05) is 42.5 Å². The van der Waals surface area contributed by atoms with Crippen LogP contribution in [0.5, 0.6) is 0 Å². The van der Waals surface area contributed by atoms with Gasteiger partial charge in [0.2, 0.25) is 0 Å². The molecule has 0 aliphatic carbocycles. The van der Waals surface area contributed by atoms with E-state index in [-0.39, 0.29) is 17.6 Å². The SMILES string of the molecule is O=C(c1sccc1-c1ccccc1)N1CCC(n2c(=O)[nH]c3ccccc32)CC1. The van der Waals surface area contributed by atoms with Crippen LogP contribution >= 0.6 is 11.3 Å². The summed E-state index contributed by atoms with van der Waals surface area (Å²) in [5.74, 6) is 0.0866. The standard InChI is InChI=1S/C23H21N3O2S/c27-22(21-18(12-15-29-21)16-6-2-1-3-7-16)25-13-10-17(11-14-25)26-20-9-5-4-8-19(20)24-23(26)28/h1-9,12,15,17H,10-11,13-14H2,(H,24,28). The Morgan fingerprint density at radius 2 is 1.69 bits per heavy atom. The zero-order valence-electron chi connectivity index (χ0n) is 15.9. The number of carbonyl (C=O) groups is 1. The molecule has 2 aromatic heterocycles. The number of amides is 1. The van der Waals surface area contributed by atoms with Crippen molar-refractivity contribution < 1.29 is 4.79 Å². The lowest BCUT2D eigenvalue weighted by Gasteiger charge is -2.32. The van der Waals surface area contributed by atoms with Crippen molar-refractivity contribution in [3.63, 3.8) is 0 Å². The van der Waals surface area contributed by atoms with Gasteiger partial charge in [-0.2, -0.15) is 0 Å². The molecule has 4 aromatic rings. The Labute approximate surface area is 172 Å². The minimum atomic E-state index is -0.0689. The number of piperidine rings is 1. The highest BCUT2D eigenvalue weighted by atomic mass is 32.1. The van der Waals surface area contributed by atoms with E-state index >= 15 is 0 Å². The van der Waals surface area contributed by atoms with Crippen LogP contribution in [0.15, 0.2) is 70.8 Å². The maximum atomic E-state index is 13.2. The number of rotatable bonds is 3. The highest BCUT2D eigenvalue weighted by Gasteiger charge is 2.28. The molecule has 1 saturated heterocycles. The Morgan fingerprint density at radius 1 is 0.966 bits per heavy atom. The molecule has 5 rings (SSSR count). The van der Waals surface area contributed by atoms with E-state index < -0.39 is 0 Å². The number of carbonyl (C=O) groups excluding carboxylic acids is 1. The van der Waals surface area contributed by atoms with Crippen molar-refractivity contribution in [3.05, 3.63) is 81.4 Å². The fourth-order valence-electron chi connectivity index (χ4n) is 4.23. The van der Waals surface area contributed by atoms with Gasteiger partial charge in [0, 0.05) is 24.7 Å². The van der Waals surface area contributed by atoms with Crippen LogP contribution in [0.2, 0.25) is 0 Å². The predicted molar refractivity (Wildman–Crippen MR) is 116 cm³/mol. The van der Waals surface area contributed by atoms with Crippen molar-refractivity contribution in [2.75, 3.05) is 13.1 Å². The average molecular weight is 404 g/mol. The number of nitrogens with zero attached hydrogens (tertiary/aromatic N) is 2. The fraction of sp³-hybridized carbons (Fsp3) is 0.217. The summed E-state index contributed by atoms with van der Waals surface area (Å²) in [5.41, 5.74) is 3.79. The molecule has 0 radical (unpaired) electrons. The Morgan fingerprint density at radius 3 is 2.48 bits per heavy atom. The van der Waals surface area contributed by atoms with Gasteiger partial charge in [-0.3, -0.25) is 9.36 Å². The number of thiophene rings is 1. The number of para-hydroxylation sites is 2. The van der Waals surface area contributed by atoms with Crippen LogP contribution < -0.4 is 5.69 Å². The van der Waals surface area contributed by atoms with Crippen LogP contribution in [-0.2, 0) is 0 Å². The van der Waals surface area contributed by atoms with Gasteiger partial charge in [0.15, 0.2) is 0 Å². The molecule has 1 amide bonds.